The van der Waals surface area contributed by atoms with Gasteiger partial charge in [0, 0.05) is 23.9 Å². The van der Waals surface area contributed by atoms with Crippen LogP contribution in [0.5, 0.6) is 0 Å². The minimum Gasteiger partial charge on any atom is -0.314 e. The number of nitrogens with zero attached hydrogens (tertiary/aromatic N) is 2. The molecule has 160 valence electrons. The number of para-hydroxylation sites is 2. The summed E-state index contributed by atoms with van der Waals surface area (Å²) >= 11 is 0. The molecule has 0 aliphatic carbocycles. The van der Waals surface area contributed by atoms with Gasteiger partial charge in [-0.05, 0) is 35.9 Å². The van der Waals surface area contributed by atoms with Crippen LogP contribution in [0, 0.1) is 0 Å². The molecule has 0 saturated carbocycles. The Morgan fingerprint density at radius 3 is 2.22 bits per heavy atom. The van der Waals surface area contributed by atoms with Gasteiger partial charge in [0.05, 0.1) is 23.0 Å². The van der Waals surface area contributed by atoms with Crippen LogP contribution in [-0.2, 0) is 14.8 Å². The fraction of sp³-hybridized carbons (Fsp3) is 0.120. The average Bonchev–Trinajstić information content (AvgIpc) is 3.06. The van der Waals surface area contributed by atoms with E-state index in [0.717, 1.165) is 11.3 Å². The summed E-state index contributed by atoms with van der Waals surface area (Å²) in [6.07, 6.45) is 1.62. The molecule has 5 rings (SSSR count). The molecule has 6 nitrogen and oxygen atoms in total. The van der Waals surface area contributed by atoms with Gasteiger partial charge >= 0.3 is 0 Å². The van der Waals surface area contributed by atoms with Gasteiger partial charge in [0.15, 0.2) is 5.78 Å². The molecule has 0 bridgehead atoms. The van der Waals surface area contributed by atoms with E-state index in [1.54, 1.807) is 60.5 Å². The Balaban J connectivity index is 1.63. The molecule has 0 radical (unpaired) electrons. The number of hydrogen-bond donors (Lipinski definition) is 0. The number of likely N-dealkylation sites (N-methyl/N-ethyl adjacent to an activating group) is 1. The maximum atomic E-state index is 13.5. The molecule has 2 aliphatic heterocycles. The van der Waals surface area contributed by atoms with Crippen molar-refractivity contribution in [2.75, 3.05) is 22.8 Å². The second kappa shape index (κ2) is 7.46. The number of ketones is 1. The van der Waals surface area contributed by atoms with Crippen molar-refractivity contribution in [3.8, 4) is 0 Å². The van der Waals surface area contributed by atoms with Gasteiger partial charge in [0.1, 0.15) is 0 Å². The highest BCUT2D eigenvalue weighted by molar-refractivity contribution is 7.92. The molecule has 1 unspecified atom stereocenters. The molecule has 0 aromatic heterocycles. The van der Waals surface area contributed by atoms with Crippen molar-refractivity contribution in [3.63, 3.8) is 0 Å². The number of carbonyl (C=O) groups excluding carboxylic acids is 2. The van der Waals surface area contributed by atoms with E-state index in [-0.39, 0.29) is 28.7 Å². The predicted octanol–water partition coefficient (Wildman–Crippen LogP) is 3.76. The van der Waals surface area contributed by atoms with Crippen LogP contribution in [0.3, 0.4) is 0 Å². The van der Waals surface area contributed by atoms with Crippen LogP contribution in [0.2, 0.25) is 0 Å². The lowest BCUT2D eigenvalue weighted by Crippen LogP contribution is -2.39. The molecule has 32 heavy (non-hydrogen) atoms. The Labute approximate surface area is 186 Å². The highest BCUT2D eigenvalue weighted by atomic mass is 32.2. The minimum absolute atomic E-state index is 0.136. The molecule has 3 aromatic rings. The summed E-state index contributed by atoms with van der Waals surface area (Å²) in [6.45, 7) is -0.136. The van der Waals surface area contributed by atoms with Gasteiger partial charge in [0.2, 0.25) is 5.91 Å². The number of fused-ring (bicyclic) bond motifs is 2. The fourth-order valence-electron chi connectivity index (χ4n) is 4.31. The van der Waals surface area contributed by atoms with Gasteiger partial charge < -0.3 is 4.90 Å². The molecule has 3 aromatic carbocycles. The zero-order chi connectivity index (χ0) is 22.5. The van der Waals surface area contributed by atoms with Gasteiger partial charge in [-0.15, -0.1) is 0 Å². The normalized spacial score (nSPS) is 19.3. The third kappa shape index (κ3) is 3.05. The molecule has 2 aliphatic rings. The largest absolute Gasteiger partial charge is 0.314 e. The fourth-order valence-corrected chi connectivity index (χ4v) is 5.79. The second-order valence-electron chi connectivity index (χ2n) is 7.80. The number of Topliss-reactive ketones (excluding diaryl/α,β-unsaturated/α-hetero) is 1. The lowest BCUT2D eigenvalue weighted by Gasteiger charge is -2.31. The van der Waals surface area contributed by atoms with Crippen LogP contribution < -0.4 is 9.21 Å². The summed E-state index contributed by atoms with van der Waals surface area (Å²) in [5.41, 5.74) is 2.52. The van der Waals surface area contributed by atoms with Crippen molar-refractivity contribution < 1.29 is 18.0 Å². The number of rotatable bonds is 3. The van der Waals surface area contributed by atoms with Crippen molar-refractivity contribution in [3.05, 3.63) is 102 Å². The average molecular weight is 445 g/mol. The van der Waals surface area contributed by atoms with E-state index in [1.165, 1.54) is 16.4 Å². The first-order valence-electron chi connectivity index (χ1n) is 10.2. The summed E-state index contributed by atoms with van der Waals surface area (Å²) in [4.78, 5) is 27.9. The molecule has 1 atom stereocenters. The summed E-state index contributed by atoms with van der Waals surface area (Å²) in [5.74, 6) is -1.05. The summed E-state index contributed by atoms with van der Waals surface area (Å²) in [5, 5.41) is 0. The predicted molar refractivity (Wildman–Crippen MR) is 122 cm³/mol. The van der Waals surface area contributed by atoms with Crippen molar-refractivity contribution in [1.82, 2.24) is 0 Å². The van der Waals surface area contributed by atoms with Crippen molar-refractivity contribution in [2.24, 2.45) is 0 Å². The van der Waals surface area contributed by atoms with Crippen molar-refractivity contribution in [1.29, 1.82) is 0 Å². The molecule has 0 saturated heterocycles. The smallest absolute Gasteiger partial charge is 0.264 e. The first kappa shape index (κ1) is 20.2. The SMILES string of the molecule is CN1C(=O)C(/C=C2\CN(S(=O)(=O)c3ccccc3)c3ccccc3C2=O)c2ccccc21. The Morgan fingerprint density at radius 2 is 1.47 bits per heavy atom. The Morgan fingerprint density at radius 1 is 0.844 bits per heavy atom. The van der Waals surface area contributed by atoms with E-state index in [2.05, 4.69) is 0 Å². The topological polar surface area (TPSA) is 74.8 Å². The monoisotopic (exact) mass is 444 g/mol. The Hall–Kier alpha value is -3.71. The highest BCUT2D eigenvalue weighted by Gasteiger charge is 2.38. The zero-order valence-corrected chi connectivity index (χ0v) is 18.1. The number of sulfonamides is 1. The lowest BCUT2D eigenvalue weighted by atomic mass is 9.92. The Bertz CT molecular complexity index is 1380. The van der Waals surface area contributed by atoms with E-state index in [9.17, 15) is 18.0 Å². The van der Waals surface area contributed by atoms with E-state index < -0.39 is 15.9 Å². The number of amides is 1. The van der Waals surface area contributed by atoms with Crippen LogP contribution in [0.1, 0.15) is 21.8 Å². The molecule has 1 amide bonds. The number of anilines is 2. The van der Waals surface area contributed by atoms with Crippen LogP contribution in [0.25, 0.3) is 0 Å². The molecule has 0 spiro atoms. The van der Waals surface area contributed by atoms with E-state index >= 15 is 0 Å². The van der Waals surface area contributed by atoms with Gasteiger partial charge in [-0.25, -0.2) is 8.42 Å². The van der Waals surface area contributed by atoms with Crippen molar-refractivity contribution in [2.45, 2.75) is 10.8 Å². The van der Waals surface area contributed by atoms with Crippen molar-refractivity contribution >= 4 is 33.1 Å². The molecule has 2 heterocycles. The molecule has 0 fully saturated rings. The van der Waals surface area contributed by atoms with Crippen LogP contribution in [0.15, 0.2) is 95.4 Å². The molecule has 0 N–H and O–H groups in total. The number of hydrogen-bond acceptors (Lipinski definition) is 4. The number of carbonyl (C=O) groups is 2. The third-order valence-corrected chi connectivity index (χ3v) is 7.73. The summed E-state index contributed by atoms with van der Waals surface area (Å²) in [7, 11) is -2.21. The van der Waals surface area contributed by atoms with E-state index in [0.29, 0.717) is 11.3 Å². The van der Waals surface area contributed by atoms with Gasteiger partial charge in [0.25, 0.3) is 10.0 Å². The number of benzene rings is 3. The molecular formula is C25H20N2O4S. The van der Waals surface area contributed by atoms with Crippen LogP contribution in [-0.4, -0.2) is 33.7 Å². The third-order valence-electron chi connectivity index (χ3n) is 5.95. The maximum Gasteiger partial charge on any atom is 0.264 e. The second-order valence-corrected chi connectivity index (χ2v) is 9.66. The lowest BCUT2D eigenvalue weighted by molar-refractivity contribution is -0.118. The first-order valence-corrected chi connectivity index (χ1v) is 11.6. The van der Waals surface area contributed by atoms with Gasteiger partial charge in [-0.3, -0.25) is 13.9 Å². The van der Waals surface area contributed by atoms with Gasteiger partial charge in [-0.2, -0.15) is 0 Å². The van der Waals surface area contributed by atoms with E-state index in [1.807, 2.05) is 24.3 Å². The van der Waals surface area contributed by atoms with E-state index in [4.69, 9.17) is 0 Å². The minimum atomic E-state index is -3.91. The molecular weight excluding hydrogens is 424 g/mol. The van der Waals surface area contributed by atoms with Crippen LogP contribution in [0.4, 0.5) is 11.4 Å². The highest BCUT2D eigenvalue weighted by Crippen LogP contribution is 2.40. The van der Waals surface area contributed by atoms with Crippen LogP contribution >= 0.6 is 0 Å². The first-order chi connectivity index (χ1) is 15.4. The maximum absolute atomic E-state index is 13.5. The summed E-state index contributed by atoms with van der Waals surface area (Å²) in [6, 6.07) is 22.2. The zero-order valence-electron chi connectivity index (χ0n) is 17.3. The quantitative estimate of drug-likeness (QED) is 0.577. The standard InChI is InChI=1S/C25H20N2O4S/c1-26-22-13-7-5-11-19(22)21(25(26)29)15-17-16-27(23-14-8-6-12-20(23)24(17)28)32(30,31)18-9-3-2-4-10-18/h2-15,21H,16H2,1H3/b17-15+. The Kier molecular flexibility index (Phi) is 4.71. The summed E-state index contributed by atoms with van der Waals surface area (Å²) < 4.78 is 28.2. The molecule has 7 heteroatoms. The van der Waals surface area contributed by atoms with Gasteiger partial charge in [-0.1, -0.05) is 54.6 Å².